The van der Waals surface area contributed by atoms with Gasteiger partial charge in [0.15, 0.2) is 0 Å². The van der Waals surface area contributed by atoms with Crippen molar-refractivity contribution in [1.82, 2.24) is 19.9 Å². The Balaban J connectivity index is 1.29. The summed E-state index contributed by atoms with van der Waals surface area (Å²) in [6.07, 6.45) is 4.31. The number of H-pyrrole nitrogens is 2. The topological polar surface area (TPSA) is 142 Å². The average Bonchev–Trinajstić information content (AvgIpc) is 3.38. The first-order chi connectivity index (χ1) is 19.6. The number of aryl methyl sites for hydroxylation is 1. The van der Waals surface area contributed by atoms with Crippen LogP contribution in [0.4, 0.5) is 5.69 Å². The molecule has 0 spiro atoms. The molecule has 4 heterocycles. The van der Waals surface area contributed by atoms with Crippen LogP contribution >= 0.6 is 0 Å². The van der Waals surface area contributed by atoms with Crippen molar-refractivity contribution in [2.24, 2.45) is 0 Å². The summed E-state index contributed by atoms with van der Waals surface area (Å²) in [4.78, 5) is 36.8. The summed E-state index contributed by atoms with van der Waals surface area (Å²) < 4.78 is 23.7. The number of fused-ring (bicyclic) bond motifs is 3. The zero-order chi connectivity index (χ0) is 28.9. The van der Waals surface area contributed by atoms with Crippen LogP contribution in [0.2, 0.25) is 0 Å². The number of aromatic nitrogens is 3. The van der Waals surface area contributed by atoms with Gasteiger partial charge in [-0.05, 0) is 73.3 Å². The van der Waals surface area contributed by atoms with Crippen LogP contribution in [0.1, 0.15) is 24.0 Å². The molecule has 0 unspecified atom stereocenters. The number of hydrogen-bond donors (Lipinski definition) is 2. The van der Waals surface area contributed by atoms with Crippen molar-refractivity contribution >= 4 is 37.5 Å². The molecular weight excluding hydrogens is 542 g/mol. The summed E-state index contributed by atoms with van der Waals surface area (Å²) in [5.41, 5.74) is 5.88. The fraction of sp³-hybridized carbons (Fsp3) is 0.267. The molecule has 41 heavy (non-hydrogen) atoms. The number of pyridine rings is 2. The number of nitrogens with one attached hydrogen (secondary N) is 2. The molecule has 0 aliphatic carbocycles. The van der Waals surface area contributed by atoms with Crippen molar-refractivity contribution < 1.29 is 13.3 Å². The van der Waals surface area contributed by atoms with Gasteiger partial charge >= 0.3 is 0 Å². The zero-order valence-electron chi connectivity index (χ0n) is 22.7. The maximum absolute atomic E-state index is 13.0. The van der Waals surface area contributed by atoms with E-state index in [-0.39, 0.29) is 16.5 Å². The van der Waals surface area contributed by atoms with Crippen molar-refractivity contribution in [2.45, 2.75) is 31.6 Å². The third-order valence-corrected chi connectivity index (χ3v) is 9.74. The number of nitrogens with zero attached hydrogens (tertiary/aromatic N) is 3. The van der Waals surface area contributed by atoms with Gasteiger partial charge in [0.05, 0.1) is 27.5 Å². The van der Waals surface area contributed by atoms with Crippen LogP contribution in [0.3, 0.4) is 0 Å². The second-order valence-electron chi connectivity index (χ2n) is 10.8. The highest BCUT2D eigenvalue weighted by atomic mass is 32.2. The Morgan fingerprint density at radius 3 is 2.32 bits per heavy atom. The number of likely N-dealkylation sites (tertiary alicyclic amines) is 1. The number of aromatic amines is 2. The Morgan fingerprint density at radius 2 is 1.68 bits per heavy atom. The molecule has 2 aromatic carbocycles. The minimum atomic E-state index is -2.98. The van der Waals surface area contributed by atoms with Gasteiger partial charge in [-0.2, -0.15) is 0 Å². The number of sulfone groups is 1. The molecule has 10 nitrogen and oxygen atoms in total. The predicted octanol–water partition coefficient (Wildman–Crippen LogP) is 4.96. The lowest BCUT2D eigenvalue weighted by Gasteiger charge is -2.31. The van der Waals surface area contributed by atoms with Gasteiger partial charge in [-0.15, -0.1) is 0 Å². The minimum absolute atomic E-state index is 0.0342. The van der Waals surface area contributed by atoms with Gasteiger partial charge in [-0.1, -0.05) is 24.3 Å². The summed E-state index contributed by atoms with van der Waals surface area (Å²) in [5.74, 6) is 0. The minimum Gasteiger partial charge on any atom is -0.339 e. The molecule has 1 fully saturated rings. The van der Waals surface area contributed by atoms with E-state index >= 15 is 0 Å². The van der Waals surface area contributed by atoms with Crippen LogP contribution in [0.25, 0.3) is 44.3 Å². The highest BCUT2D eigenvalue weighted by molar-refractivity contribution is 7.91. The molecule has 0 atom stereocenters. The molecule has 1 aliphatic rings. The third-order valence-electron chi connectivity index (χ3n) is 8.06. The molecule has 0 saturated carbocycles. The maximum Gasteiger partial charge on any atom is 0.269 e. The fourth-order valence-electron chi connectivity index (χ4n) is 5.85. The van der Waals surface area contributed by atoms with E-state index in [1.54, 1.807) is 18.3 Å². The number of non-ortho nitro benzene ring substituents is 1. The molecule has 0 bridgehead atoms. The second-order valence-corrected chi connectivity index (χ2v) is 13.1. The van der Waals surface area contributed by atoms with Gasteiger partial charge < -0.3 is 9.97 Å². The molecule has 3 aromatic heterocycles. The van der Waals surface area contributed by atoms with Crippen LogP contribution in [-0.4, -0.2) is 57.8 Å². The standard InChI is InChI=1S/C30H29N5O5S/c1-18-27(21-7-9-22(10-8-21)35(37)38)30(36)33-26-16-31-29-24(28(18)26)15-25(32-29)20-5-3-19(4-6-20)17-34-13-11-23(12-14-34)41(2,39)40/h3-10,15-16,23H,11-14,17H2,1-2H3,(H,31,32)(H,33,36). The first kappa shape index (κ1) is 26.9. The molecule has 1 saturated heterocycles. The van der Waals surface area contributed by atoms with E-state index in [4.69, 9.17) is 0 Å². The van der Waals surface area contributed by atoms with E-state index in [9.17, 15) is 23.3 Å². The summed E-state index contributed by atoms with van der Waals surface area (Å²) >= 11 is 0. The maximum atomic E-state index is 13.0. The quantitative estimate of drug-likeness (QED) is 0.217. The Morgan fingerprint density at radius 1 is 1.02 bits per heavy atom. The molecule has 5 aromatic rings. The monoisotopic (exact) mass is 571 g/mol. The Hall–Kier alpha value is -4.35. The molecule has 11 heteroatoms. The van der Waals surface area contributed by atoms with Crippen molar-refractivity contribution in [2.75, 3.05) is 19.3 Å². The van der Waals surface area contributed by atoms with E-state index in [0.717, 1.165) is 52.8 Å². The van der Waals surface area contributed by atoms with E-state index in [2.05, 4.69) is 44.1 Å². The largest absolute Gasteiger partial charge is 0.339 e. The molecule has 2 N–H and O–H groups in total. The van der Waals surface area contributed by atoms with Crippen LogP contribution in [-0.2, 0) is 16.4 Å². The highest BCUT2D eigenvalue weighted by Gasteiger charge is 2.26. The van der Waals surface area contributed by atoms with E-state index in [1.807, 2.05) is 13.0 Å². The Kier molecular flexibility index (Phi) is 6.71. The summed E-state index contributed by atoms with van der Waals surface area (Å²) in [5, 5.41) is 12.6. The van der Waals surface area contributed by atoms with Gasteiger partial charge in [0.25, 0.3) is 11.2 Å². The molecule has 6 rings (SSSR count). The highest BCUT2D eigenvalue weighted by Crippen LogP contribution is 2.33. The second kappa shape index (κ2) is 10.2. The summed E-state index contributed by atoms with van der Waals surface area (Å²) in [7, 11) is -2.98. The van der Waals surface area contributed by atoms with Crippen LogP contribution in [0.5, 0.6) is 0 Å². The lowest BCUT2D eigenvalue weighted by atomic mass is 9.97. The lowest BCUT2D eigenvalue weighted by Crippen LogP contribution is -2.38. The first-order valence-electron chi connectivity index (χ1n) is 13.4. The smallest absolute Gasteiger partial charge is 0.269 e. The normalized spacial score (nSPS) is 15.1. The Bertz CT molecular complexity index is 1950. The van der Waals surface area contributed by atoms with Crippen molar-refractivity contribution in [1.29, 1.82) is 0 Å². The van der Waals surface area contributed by atoms with Gasteiger partial charge in [0.2, 0.25) is 0 Å². The fourth-order valence-corrected chi connectivity index (χ4v) is 6.92. The van der Waals surface area contributed by atoms with Crippen LogP contribution in [0, 0.1) is 17.0 Å². The van der Waals surface area contributed by atoms with Gasteiger partial charge in [-0.3, -0.25) is 19.8 Å². The molecular formula is C30H29N5O5S. The van der Waals surface area contributed by atoms with Gasteiger partial charge in [-0.25, -0.2) is 13.4 Å². The average molecular weight is 572 g/mol. The van der Waals surface area contributed by atoms with Crippen LogP contribution < -0.4 is 5.56 Å². The van der Waals surface area contributed by atoms with E-state index in [0.29, 0.717) is 35.1 Å². The van der Waals surface area contributed by atoms with Crippen molar-refractivity contribution in [3.05, 3.63) is 92.4 Å². The number of nitro groups is 1. The Labute approximate surface area is 236 Å². The van der Waals surface area contributed by atoms with Crippen molar-refractivity contribution in [3.8, 4) is 22.4 Å². The number of piperidine rings is 1. The zero-order valence-corrected chi connectivity index (χ0v) is 23.5. The SMILES string of the molecule is Cc1c(-c2ccc([N+](=O)[O-])cc2)c(=O)[nH]c2cnc3[nH]c(-c4ccc(CN5CCC(S(C)(=O)=O)CC5)cc4)cc3c12. The number of hydrogen-bond acceptors (Lipinski definition) is 7. The molecule has 1 aliphatic heterocycles. The first-order valence-corrected chi connectivity index (χ1v) is 15.3. The summed E-state index contributed by atoms with van der Waals surface area (Å²) in [6.45, 7) is 4.19. The van der Waals surface area contributed by atoms with E-state index < -0.39 is 14.8 Å². The predicted molar refractivity (Wildman–Crippen MR) is 160 cm³/mol. The van der Waals surface area contributed by atoms with E-state index in [1.165, 1.54) is 18.4 Å². The van der Waals surface area contributed by atoms with Crippen molar-refractivity contribution in [3.63, 3.8) is 0 Å². The number of benzene rings is 2. The molecule has 0 amide bonds. The van der Waals surface area contributed by atoms with Crippen LogP contribution in [0.15, 0.2) is 65.6 Å². The molecule has 0 radical (unpaired) electrons. The van der Waals surface area contributed by atoms with Gasteiger partial charge in [0.1, 0.15) is 15.5 Å². The molecule has 210 valence electrons. The number of nitro benzene ring substituents is 1. The summed E-state index contributed by atoms with van der Waals surface area (Å²) in [6, 6.07) is 16.3. The lowest BCUT2D eigenvalue weighted by molar-refractivity contribution is -0.384. The third kappa shape index (κ3) is 5.14. The van der Waals surface area contributed by atoms with Gasteiger partial charge in [0, 0.05) is 41.4 Å². The number of rotatable bonds is 6.